The highest BCUT2D eigenvalue weighted by Crippen LogP contribution is 2.17. The lowest BCUT2D eigenvalue weighted by Crippen LogP contribution is -2.41. The minimum atomic E-state index is 0.552. The molecule has 0 atom stereocenters. The summed E-state index contributed by atoms with van der Waals surface area (Å²) < 4.78 is 5.87. The molecule has 4 heteroatoms. The number of hydrogen-bond acceptors (Lipinski definition) is 3. The quantitative estimate of drug-likeness (QED) is 0.507. The average Bonchev–Trinajstić information content (AvgIpc) is 2.80. The summed E-state index contributed by atoms with van der Waals surface area (Å²) >= 11 is 5.92. The third-order valence-electron chi connectivity index (χ3n) is 5.67. The average molecular weight is 421 g/mol. The molecule has 0 saturated carbocycles. The van der Waals surface area contributed by atoms with Crippen molar-refractivity contribution < 1.29 is 4.74 Å². The number of likely N-dealkylation sites (tertiary alicyclic amines) is 1. The van der Waals surface area contributed by atoms with E-state index in [-0.39, 0.29) is 0 Å². The molecule has 30 heavy (non-hydrogen) atoms. The summed E-state index contributed by atoms with van der Waals surface area (Å²) in [6.07, 6.45) is 2.41. The van der Waals surface area contributed by atoms with Crippen molar-refractivity contribution in [2.45, 2.75) is 38.6 Å². The largest absolute Gasteiger partial charge is 0.489 e. The van der Waals surface area contributed by atoms with Crippen LogP contribution in [0.15, 0.2) is 78.9 Å². The zero-order valence-corrected chi connectivity index (χ0v) is 18.0. The standard InChI is InChI=1S/C26H29ClN2O/c27-24-10-6-23(7-11-24)20-30-26-12-8-21(9-13-26)18-28-25-14-16-29(17-15-25)19-22-4-2-1-3-5-22/h1-13,25,28H,14-20H2. The molecule has 0 bridgehead atoms. The van der Waals surface area contributed by atoms with Gasteiger partial charge in [-0.15, -0.1) is 0 Å². The Hall–Kier alpha value is -2.33. The minimum absolute atomic E-state index is 0.552. The van der Waals surface area contributed by atoms with E-state index in [1.54, 1.807) is 0 Å². The van der Waals surface area contributed by atoms with Gasteiger partial charge < -0.3 is 10.1 Å². The maximum atomic E-state index is 5.92. The number of benzene rings is 3. The summed E-state index contributed by atoms with van der Waals surface area (Å²) in [5.74, 6) is 0.892. The van der Waals surface area contributed by atoms with Crippen LogP contribution < -0.4 is 10.1 Å². The van der Waals surface area contributed by atoms with Gasteiger partial charge in [-0.05, 0) is 66.9 Å². The fraction of sp³-hybridized carbons (Fsp3) is 0.308. The number of nitrogens with zero attached hydrogens (tertiary/aromatic N) is 1. The number of hydrogen-bond donors (Lipinski definition) is 1. The summed E-state index contributed by atoms with van der Waals surface area (Å²) in [5.41, 5.74) is 3.81. The molecule has 3 nitrogen and oxygen atoms in total. The van der Waals surface area contributed by atoms with Crippen molar-refractivity contribution in [2.24, 2.45) is 0 Å². The molecule has 1 N–H and O–H groups in total. The predicted octanol–water partition coefficient (Wildman–Crippen LogP) is 5.67. The van der Waals surface area contributed by atoms with Gasteiger partial charge in [-0.25, -0.2) is 0 Å². The minimum Gasteiger partial charge on any atom is -0.489 e. The molecule has 1 heterocycles. The molecule has 0 spiro atoms. The molecule has 1 aliphatic heterocycles. The molecule has 0 radical (unpaired) electrons. The molecule has 1 fully saturated rings. The Bertz CT molecular complexity index is 889. The molecule has 0 amide bonds. The number of rotatable bonds is 8. The molecule has 1 aliphatic rings. The van der Waals surface area contributed by atoms with E-state index in [2.05, 4.69) is 64.8 Å². The lowest BCUT2D eigenvalue weighted by molar-refractivity contribution is 0.190. The van der Waals surface area contributed by atoms with E-state index in [4.69, 9.17) is 16.3 Å². The number of halogens is 1. The van der Waals surface area contributed by atoms with E-state index in [0.29, 0.717) is 12.6 Å². The van der Waals surface area contributed by atoms with Crippen LogP contribution in [0.5, 0.6) is 5.75 Å². The fourth-order valence-corrected chi connectivity index (χ4v) is 3.98. The third-order valence-corrected chi connectivity index (χ3v) is 5.93. The smallest absolute Gasteiger partial charge is 0.119 e. The van der Waals surface area contributed by atoms with Crippen LogP contribution in [0.1, 0.15) is 29.5 Å². The molecule has 3 aromatic rings. The van der Waals surface area contributed by atoms with Gasteiger partial charge in [0.25, 0.3) is 0 Å². The van der Waals surface area contributed by atoms with Crippen LogP contribution in [0.3, 0.4) is 0 Å². The Labute approximate surface area is 184 Å². The monoisotopic (exact) mass is 420 g/mol. The molecule has 0 aliphatic carbocycles. The second-order valence-corrected chi connectivity index (χ2v) is 8.41. The summed E-state index contributed by atoms with van der Waals surface area (Å²) in [6.45, 7) is 4.83. The number of nitrogens with one attached hydrogen (secondary N) is 1. The molecular formula is C26H29ClN2O. The lowest BCUT2D eigenvalue weighted by Gasteiger charge is -2.32. The van der Waals surface area contributed by atoms with Gasteiger partial charge in [0, 0.05) is 24.2 Å². The van der Waals surface area contributed by atoms with Gasteiger partial charge in [-0.1, -0.05) is 66.2 Å². The van der Waals surface area contributed by atoms with Gasteiger partial charge in [-0.3, -0.25) is 4.90 Å². The lowest BCUT2D eigenvalue weighted by atomic mass is 10.0. The van der Waals surface area contributed by atoms with Gasteiger partial charge in [0.15, 0.2) is 0 Å². The molecule has 0 aromatic heterocycles. The van der Waals surface area contributed by atoms with Crippen molar-refractivity contribution in [1.29, 1.82) is 0 Å². The van der Waals surface area contributed by atoms with Crippen LogP contribution in [0.25, 0.3) is 0 Å². The molecule has 3 aromatic carbocycles. The van der Waals surface area contributed by atoms with Crippen molar-refractivity contribution in [1.82, 2.24) is 10.2 Å². The Kier molecular flexibility index (Phi) is 7.41. The van der Waals surface area contributed by atoms with Gasteiger partial charge in [0.05, 0.1) is 0 Å². The maximum Gasteiger partial charge on any atom is 0.119 e. The molecular weight excluding hydrogens is 392 g/mol. The van der Waals surface area contributed by atoms with Gasteiger partial charge in [0.2, 0.25) is 0 Å². The summed E-state index contributed by atoms with van der Waals surface area (Å²) in [4.78, 5) is 2.56. The molecule has 0 unspecified atom stereocenters. The van der Waals surface area contributed by atoms with E-state index in [0.717, 1.165) is 42.5 Å². The summed E-state index contributed by atoms with van der Waals surface area (Å²) in [5, 5.41) is 4.47. The highest BCUT2D eigenvalue weighted by molar-refractivity contribution is 6.30. The first-order valence-corrected chi connectivity index (χ1v) is 11.1. The molecule has 156 valence electrons. The SMILES string of the molecule is Clc1ccc(COc2ccc(CNC3CCN(Cc4ccccc4)CC3)cc2)cc1. The third kappa shape index (κ3) is 6.33. The Morgan fingerprint density at radius 2 is 1.47 bits per heavy atom. The zero-order valence-electron chi connectivity index (χ0n) is 17.3. The van der Waals surface area contributed by atoms with Crippen molar-refractivity contribution in [3.63, 3.8) is 0 Å². The van der Waals surface area contributed by atoms with Crippen LogP contribution in [0.4, 0.5) is 0 Å². The van der Waals surface area contributed by atoms with Gasteiger partial charge >= 0.3 is 0 Å². The highest BCUT2D eigenvalue weighted by Gasteiger charge is 2.18. The van der Waals surface area contributed by atoms with E-state index in [1.807, 2.05) is 24.3 Å². The second-order valence-electron chi connectivity index (χ2n) is 7.98. The molecule has 1 saturated heterocycles. The molecule has 4 rings (SSSR count). The predicted molar refractivity (Wildman–Crippen MR) is 124 cm³/mol. The summed E-state index contributed by atoms with van der Waals surface area (Å²) in [7, 11) is 0. The fourth-order valence-electron chi connectivity index (χ4n) is 3.85. The van der Waals surface area contributed by atoms with Crippen molar-refractivity contribution in [2.75, 3.05) is 13.1 Å². The highest BCUT2D eigenvalue weighted by atomic mass is 35.5. The Morgan fingerprint density at radius 3 is 2.17 bits per heavy atom. The van der Waals surface area contributed by atoms with E-state index >= 15 is 0 Å². The normalized spacial score (nSPS) is 15.2. The van der Waals surface area contributed by atoms with Crippen LogP contribution >= 0.6 is 11.6 Å². The first-order valence-electron chi connectivity index (χ1n) is 10.7. The van der Waals surface area contributed by atoms with E-state index in [1.165, 1.54) is 24.0 Å². The van der Waals surface area contributed by atoms with Gasteiger partial charge in [0.1, 0.15) is 12.4 Å². The number of piperidine rings is 1. The van der Waals surface area contributed by atoms with E-state index in [9.17, 15) is 0 Å². The van der Waals surface area contributed by atoms with Crippen molar-refractivity contribution >= 4 is 11.6 Å². The zero-order chi connectivity index (χ0) is 20.6. The van der Waals surface area contributed by atoms with E-state index < -0.39 is 0 Å². The second kappa shape index (κ2) is 10.6. The van der Waals surface area contributed by atoms with Crippen LogP contribution in [0, 0.1) is 0 Å². The van der Waals surface area contributed by atoms with Crippen molar-refractivity contribution in [3.05, 3.63) is 101 Å². The number of ether oxygens (including phenoxy) is 1. The van der Waals surface area contributed by atoms with Crippen molar-refractivity contribution in [3.8, 4) is 5.75 Å². The van der Waals surface area contributed by atoms with Crippen LogP contribution in [-0.2, 0) is 19.7 Å². The maximum absolute atomic E-state index is 5.92. The Balaban J connectivity index is 1.17. The van der Waals surface area contributed by atoms with Gasteiger partial charge in [-0.2, -0.15) is 0 Å². The summed E-state index contributed by atoms with van der Waals surface area (Å²) in [6, 6.07) is 27.5. The van der Waals surface area contributed by atoms with Crippen LogP contribution in [0.2, 0.25) is 5.02 Å². The first-order chi connectivity index (χ1) is 14.7. The topological polar surface area (TPSA) is 24.5 Å². The first kappa shape index (κ1) is 20.9. The Morgan fingerprint density at radius 1 is 0.800 bits per heavy atom. The van der Waals surface area contributed by atoms with Crippen LogP contribution in [-0.4, -0.2) is 24.0 Å².